The van der Waals surface area contributed by atoms with E-state index in [1.807, 2.05) is 13.0 Å². The zero-order valence-corrected chi connectivity index (χ0v) is 8.56. The number of aromatic nitrogens is 2. The first-order chi connectivity index (χ1) is 7.36. The standard InChI is InChI=1S/C10H13N3O2/c1-8-3-5-14-9(8)6-11-4-2-10-12-7-13-15-10/h3,5,7,11H,2,4,6H2,1H3. The van der Waals surface area contributed by atoms with Gasteiger partial charge in [0.05, 0.1) is 12.8 Å². The molecule has 0 fully saturated rings. The van der Waals surface area contributed by atoms with Gasteiger partial charge in [-0.15, -0.1) is 0 Å². The van der Waals surface area contributed by atoms with Crippen molar-refractivity contribution in [2.75, 3.05) is 6.54 Å². The highest BCUT2D eigenvalue weighted by molar-refractivity contribution is 5.13. The summed E-state index contributed by atoms with van der Waals surface area (Å²) in [5, 5.41) is 6.78. The number of hydrogen-bond donors (Lipinski definition) is 1. The van der Waals surface area contributed by atoms with E-state index in [1.54, 1.807) is 6.26 Å². The van der Waals surface area contributed by atoms with Gasteiger partial charge < -0.3 is 14.3 Å². The number of nitrogens with zero attached hydrogens (tertiary/aromatic N) is 2. The molecule has 0 bridgehead atoms. The van der Waals surface area contributed by atoms with Crippen LogP contribution in [-0.4, -0.2) is 16.7 Å². The van der Waals surface area contributed by atoms with E-state index < -0.39 is 0 Å². The molecule has 2 aromatic heterocycles. The first kappa shape index (κ1) is 9.92. The third-order valence-corrected chi connectivity index (χ3v) is 2.18. The van der Waals surface area contributed by atoms with Crippen molar-refractivity contribution in [2.45, 2.75) is 19.9 Å². The fourth-order valence-electron chi connectivity index (χ4n) is 1.29. The van der Waals surface area contributed by atoms with Crippen molar-refractivity contribution in [3.63, 3.8) is 0 Å². The number of rotatable bonds is 5. The van der Waals surface area contributed by atoms with Crippen LogP contribution in [0, 0.1) is 6.92 Å². The molecule has 0 aliphatic rings. The normalized spacial score (nSPS) is 10.7. The summed E-state index contributed by atoms with van der Waals surface area (Å²) in [6, 6.07) is 1.95. The molecule has 15 heavy (non-hydrogen) atoms. The zero-order valence-electron chi connectivity index (χ0n) is 8.56. The topological polar surface area (TPSA) is 64.1 Å². The third-order valence-electron chi connectivity index (χ3n) is 2.18. The molecule has 2 aromatic rings. The Balaban J connectivity index is 1.70. The zero-order chi connectivity index (χ0) is 10.5. The van der Waals surface area contributed by atoms with Gasteiger partial charge in [-0.25, -0.2) is 0 Å². The number of aryl methyl sites for hydroxylation is 1. The lowest BCUT2D eigenvalue weighted by Crippen LogP contribution is -2.16. The fraction of sp³-hybridized carbons (Fsp3) is 0.400. The molecule has 0 amide bonds. The first-order valence-electron chi connectivity index (χ1n) is 4.85. The van der Waals surface area contributed by atoms with E-state index >= 15 is 0 Å². The summed E-state index contributed by atoms with van der Waals surface area (Å²) in [6.07, 6.45) is 3.84. The van der Waals surface area contributed by atoms with E-state index in [9.17, 15) is 0 Å². The van der Waals surface area contributed by atoms with Crippen LogP contribution < -0.4 is 5.32 Å². The van der Waals surface area contributed by atoms with Crippen LogP contribution >= 0.6 is 0 Å². The maximum absolute atomic E-state index is 5.29. The number of hydrogen-bond acceptors (Lipinski definition) is 5. The number of nitrogens with one attached hydrogen (secondary N) is 1. The van der Waals surface area contributed by atoms with E-state index in [0.29, 0.717) is 5.89 Å². The summed E-state index contributed by atoms with van der Waals surface area (Å²) in [4.78, 5) is 3.93. The second-order valence-corrected chi connectivity index (χ2v) is 3.29. The average Bonchev–Trinajstić information content (AvgIpc) is 2.85. The lowest BCUT2D eigenvalue weighted by Gasteiger charge is -2.00. The molecule has 0 unspecified atom stereocenters. The summed E-state index contributed by atoms with van der Waals surface area (Å²) in [5.74, 6) is 1.62. The van der Waals surface area contributed by atoms with Crippen molar-refractivity contribution in [3.05, 3.63) is 35.9 Å². The van der Waals surface area contributed by atoms with Gasteiger partial charge in [0, 0.05) is 13.0 Å². The van der Waals surface area contributed by atoms with Crippen LogP contribution in [-0.2, 0) is 13.0 Å². The van der Waals surface area contributed by atoms with Gasteiger partial charge in [-0.2, -0.15) is 4.98 Å². The monoisotopic (exact) mass is 207 g/mol. The van der Waals surface area contributed by atoms with Gasteiger partial charge in [0.2, 0.25) is 5.89 Å². The van der Waals surface area contributed by atoms with Gasteiger partial charge >= 0.3 is 0 Å². The molecule has 0 saturated carbocycles. The molecule has 5 heteroatoms. The minimum atomic E-state index is 0.652. The predicted octanol–water partition coefficient (Wildman–Crippen LogP) is 1.30. The van der Waals surface area contributed by atoms with Crippen molar-refractivity contribution in [2.24, 2.45) is 0 Å². The molecular weight excluding hydrogens is 194 g/mol. The molecule has 80 valence electrons. The predicted molar refractivity (Wildman–Crippen MR) is 53.2 cm³/mol. The molecule has 1 N–H and O–H groups in total. The summed E-state index contributed by atoms with van der Waals surface area (Å²) in [5.41, 5.74) is 1.17. The first-order valence-corrected chi connectivity index (χ1v) is 4.85. The molecule has 0 atom stereocenters. The molecule has 5 nitrogen and oxygen atoms in total. The van der Waals surface area contributed by atoms with Gasteiger partial charge in [0.1, 0.15) is 5.76 Å². The van der Waals surface area contributed by atoms with Crippen LogP contribution in [0.4, 0.5) is 0 Å². The van der Waals surface area contributed by atoms with Crippen LogP contribution in [0.5, 0.6) is 0 Å². The van der Waals surface area contributed by atoms with Gasteiger partial charge in [-0.05, 0) is 18.6 Å². The Morgan fingerprint density at radius 2 is 2.40 bits per heavy atom. The summed E-state index contributed by atoms with van der Waals surface area (Å²) >= 11 is 0. The van der Waals surface area contributed by atoms with E-state index in [2.05, 4.69) is 15.5 Å². The minimum absolute atomic E-state index is 0.652. The maximum Gasteiger partial charge on any atom is 0.227 e. The molecule has 0 radical (unpaired) electrons. The molecule has 0 aliphatic heterocycles. The highest BCUT2D eigenvalue weighted by Gasteiger charge is 2.02. The molecule has 0 saturated heterocycles. The Hall–Kier alpha value is -1.62. The van der Waals surface area contributed by atoms with Crippen LogP contribution in [0.2, 0.25) is 0 Å². The van der Waals surface area contributed by atoms with Gasteiger partial charge in [0.15, 0.2) is 6.33 Å². The molecule has 2 rings (SSSR count). The quantitative estimate of drug-likeness (QED) is 0.749. The average molecular weight is 207 g/mol. The third kappa shape index (κ3) is 2.66. The van der Waals surface area contributed by atoms with E-state index in [1.165, 1.54) is 11.9 Å². The SMILES string of the molecule is Cc1ccoc1CNCCc1ncno1. The summed E-state index contributed by atoms with van der Waals surface area (Å²) in [7, 11) is 0. The Bertz CT molecular complexity index is 394. The Kier molecular flexibility index (Phi) is 3.14. The lowest BCUT2D eigenvalue weighted by molar-refractivity contribution is 0.373. The van der Waals surface area contributed by atoms with Gasteiger partial charge in [-0.1, -0.05) is 5.16 Å². The van der Waals surface area contributed by atoms with Crippen molar-refractivity contribution >= 4 is 0 Å². The van der Waals surface area contributed by atoms with E-state index in [0.717, 1.165) is 25.3 Å². The van der Waals surface area contributed by atoms with E-state index in [4.69, 9.17) is 8.94 Å². The summed E-state index contributed by atoms with van der Waals surface area (Å²) < 4.78 is 10.2. The highest BCUT2D eigenvalue weighted by atomic mass is 16.5. The smallest absolute Gasteiger partial charge is 0.227 e. The minimum Gasteiger partial charge on any atom is -0.468 e. The molecule has 0 spiro atoms. The second kappa shape index (κ2) is 4.75. The summed E-state index contributed by atoms with van der Waals surface area (Å²) in [6.45, 7) is 3.55. The van der Waals surface area contributed by atoms with Crippen LogP contribution in [0.25, 0.3) is 0 Å². The Morgan fingerprint density at radius 1 is 1.47 bits per heavy atom. The van der Waals surface area contributed by atoms with Crippen LogP contribution in [0.3, 0.4) is 0 Å². The number of furan rings is 1. The maximum atomic E-state index is 5.29. The highest BCUT2D eigenvalue weighted by Crippen LogP contribution is 2.07. The Labute approximate surface area is 87.5 Å². The van der Waals surface area contributed by atoms with Crippen molar-refractivity contribution in [1.82, 2.24) is 15.5 Å². The van der Waals surface area contributed by atoms with Crippen molar-refractivity contribution < 1.29 is 8.94 Å². The van der Waals surface area contributed by atoms with Crippen LogP contribution in [0.15, 0.2) is 27.6 Å². The van der Waals surface area contributed by atoms with Gasteiger partial charge in [-0.3, -0.25) is 0 Å². The molecule has 2 heterocycles. The lowest BCUT2D eigenvalue weighted by atomic mass is 10.3. The molecule has 0 aliphatic carbocycles. The van der Waals surface area contributed by atoms with Crippen molar-refractivity contribution in [1.29, 1.82) is 0 Å². The van der Waals surface area contributed by atoms with E-state index in [-0.39, 0.29) is 0 Å². The van der Waals surface area contributed by atoms with Crippen LogP contribution in [0.1, 0.15) is 17.2 Å². The fourth-order valence-corrected chi connectivity index (χ4v) is 1.29. The molecular formula is C10H13N3O2. The van der Waals surface area contributed by atoms with Gasteiger partial charge in [0.25, 0.3) is 0 Å². The molecule has 0 aromatic carbocycles. The largest absolute Gasteiger partial charge is 0.468 e. The Morgan fingerprint density at radius 3 is 3.07 bits per heavy atom. The van der Waals surface area contributed by atoms with Crippen molar-refractivity contribution in [3.8, 4) is 0 Å². The second-order valence-electron chi connectivity index (χ2n) is 3.29.